The molecule has 1 amide bonds. The maximum Gasteiger partial charge on any atom is -1.00 e. The van der Waals surface area contributed by atoms with Crippen LogP contribution in [0.3, 0.4) is 0 Å². The molecule has 1 aliphatic carbocycles. The molecule has 137 valence electrons. The second-order valence-corrected chi connectivity index (χ2v) is 25.8. The topological polar surface area (TPSA) is 29.1 Å². The van der Waals surface area contributed by atoms with Crippen molar-refractivity contribution < 1.29 is 50.8 Å². The average molecular weight is 485 g/mol. The van der Waals surface area contributed by atoms with Crippen LogP contribution in [0, 0.1) is 13.8 Å². The summed E-state index contributed by atoms with van der Waals surface area (Å²) in [5.41, 5.74) is 5.87. The van der Waals surface area contributed by atoms with Gasteiger partial charge < -0.3 is 24.8 Å². The van der Waals surface area contributed by atoms with Gasteiger partial charge >= 0.3 is 154 Å². The number of carbonyl (C=O) groups is 1. The predicted octanol–water partition coefficient (Wildman–Crippen LogP) is -1.67. The Morgan fingerprint density at radius 2 is 1.65 bits per heavy atom. The number of rotatable bonds is 4. The van der Waals surface area contributed by atoms with Crippen molar-refractivity contribution >= 4 is 17.9 Å². The summed E-state index contributed by atoms with van der Waals surface area (Å²) in [5, 5.41) is 0. The second kappa shape index (κ2) is 10.0. The van der Waals surface area contributed by atoms with Crippen LogP contribution in [0.1, 0.15) is 36.2 Å². The third-order valence-corrected chi connectivity index (χ3v) is 22.0. The van der Waals surface area contributed by atoms with Gasteiger partial charge in [0.15, 0.2) is 0 Å². The first-order valence-corrected chi connectivity index (χ1v) is 18.3. The number of halogens is 2. The first kappa shape index (κ1) is 23.4. The molecule has 0 spiro atoms. The van der Waals surface area contributed by atoms with Crippen molar-refractivity contribution in [2.24, 2.45) is 0 Å². The average Bonchev–Trinajstić information content (AvgIpc) is 2.95. The Morgan fingerprint density at radius 3 is 2.27 bits per heavy atom. The van der Waals surface area contributed by atoms with Gasteiger partial charge in [0, 0.05) is 0 Å². The number of amides is 1. The monoisotopic (exact) mass is 482 g/mol. The van der Waals surface area contributed by atoms with Gasteiger partial charge in [0.1, 0.15) is 0 Å². The maximum absolute atomic E-state index is 12.9. The van der Waals surface area contributed by atoms with Gasteiger partial charge in [0.25, 0.3) is 0 Å². The standard InChI is InChI=1S/C9H11NO.C9H7.C2H7Si.2ClH.Zr/c1-6-3-7(2)5-8(4-6)9(10)11;1-2-5-9-7-3-6-8(9)4-1;1-3-2;;;/h3-5H,1-2H3,(H2,10,11);1-7H;3H,1-2H3;2*1H;/q;;;;;+3/p-3. The molecule has 0 fully saturated rings. The number of carbonyl (C=O) groups excluding carboxylic acids is 1. The Hall–Kier alpha value is -0.670. The van der Waals surface area contributed by atoms with E-state index in [0.717, 1.165) is 16.7 Å². The summed E-state index contributed by atoms with van der Waals surface area (Å²) < 4.78 is 4.03. The van der Waals surface area contributed by atoms with Crippen molar-refractivity contribution in [3.8, 4) is 0 Å². The van der Waals surface area contributed by atoms with Crippen molar-refractivity contribution in [3.05, 3.63) is 76.4 Å². The molecule has 6 heteroatoms. The fraction of sp³-hybridized carbons (Fsp3) is 0.250. The van der Waals surface area contributed by atoms with E-state index >= 15 is 0 Å². The van der Waals surface area contributed by atoms with E-state index < -0.39 is 27.1 Å². The van der Waals surface area contributed by atoms with Crippen molar-refractivity contribution in [1.29, 1.82) is 0 Å². The molecule has 1 aliphatic rings. The molecule has 26 heavy (non-hydrogen) atoms. The van der Waals surface area contributed by atoms with Gasteiger partial charge in [0.2, 0.25) is 0 Å². The first-order chi connectivity index (χ1) is 11.5. The molecule has 1 N–H and O–H groups in total. The summed E-state index contributed by atoms with van der Waals surface area (Å²) in [5.74, 6) is -0.754. The summed E-state index contributed by atoms with van der Waals surface area (Å²) in [6.07, 6.45) is 4.58. The smallest absolute Gasteiger partial charge is 1.00 e. The molecule has 3 rings (SSSR count). The zero-order valence-corrected chi connectivity index (χ0v) is 20.6. The Kier molecular flexibility index (Phi) is 9.02. The van der Waals surface area contributed by atoms with E-state index in [1.54, 1.807) is 0 Å². The third-order valence-electron chi connectivity index (χ3n) is 4.50. The number of nitrogens with one attached hydrogen (secondary N) is 1. The van der Waals surface area contributed by atoms with Gasteiger partial charge in [-0.1, -0.05) is 0 Å². The molecule has 0 saturated carbocycles. The van der Waals surface area contributed by atoms with Crippen LogP contribution in [0.25, 0.3) is 6.08 Å². The molecule has 0 heterocycles. The Morgan fingerprint density at radius 1 is 1.04 bits per heavy atom. The quantitative estimate of drug-likeness (QED) is 0.517. The fourth-order valence-corrected chi connectivity index (χ4v) is 17.9. The SMILES string of the molecule is Cc1cc(C)cc(C(=O)[NH][Zr+2]([CH]2C=Cc3ccccc32)[SiH](C)C)c1.[Cl-].[Cl-]. The van der Waals surface area contributed by atoms with Crippen molar-refractivity contribution in [2.75, 3.05) is 0 Å². The molecule has 0 bridgehead atoms. The summed E-state index contributed by atoms with van der Waals surface area (Å²) >= 11 is -2.08. The van der Waals surface area contributed by atoms with Crippen LogP contribution in [0.2, 0.25) is 13.1 Å². The normalized spacial score (nSPS) is 14.3. The summed E-state index contributed by atoms with van der Waals surface area (Å²) in [7, 11) is 0. The fourth-order valence-electron chi connectivity index (χ4n) is 3.41. The van der Waals surface area contributed by atoms with Crippen molar-refractivity contribution in [2.45, 2.75) is 30.6 Å². The largest absolute Gasteiger partial charge is 1.00 e. The van der Waals surface area contributed by atoms with Crippen LogP contribution in [-0.4, -0.2) is 11.8 Å². The van der Waals surface area contributed by atoms with Crippen molar-refractivity contribution in [1.82, 2.24) is 3.26 Å². The number of hydrogen-bond acceptors (Lipinski definition) is 1. The van der Waals surface area contributed by atoms with Gasteiger partial charge in [-0.15, -0.1) is 0 Å². The third kappa shape index (κ3) is 5.19. The molecule has 0 radical (unpaired) electrons. The molecule has 1 atom stereocenters. The van der Waals surface area contributed by atoms with Crippen LogP contribution < -0.4 is 28.1 Å². The Bertz CT molecular complexity index is 790. The zero-order chi connectivity index (χ0) is 17.3. The number of fused-ring (bicyclic) bond motifs is 1. The van der Waals surface area contributed by atoms with E-state index in [4.69, 9.17) is 0 Å². The molecule has 2 nitrogen and oxygen atoms in total. The predicted molar refractivity (Wildman–Crippen MR) is 100 cm³/mol. The van der Waals surface area contributed by atoms with Gasteiger partial charge in [0.05, 0.1) is 0 Å². The van der Waals surface area contributed by atoms with E-state index in [1.807, 2.05) is 12.1 Å². The molecule has 2 aromatic rings. The Balaban J connectivity index is 0.00000169. The molecule has 1 unspecified atom stereocenters. The van der Waals surface area contributed by atoms with Crippen LogP contribution in [0.15, 0.2) is 48.5 Å². The zero-order valence-electron chi connectivity index (χ0n) is 15.5. The van der Waals surface area contributed by atoms with E-state index in [-0.39, 0.29) is 30.7 Å². The number of aryl methyl sites for hydroxylation is 2. The van der Waals surface area contributed by atoms with Crippen LogP contribution in [-0.2, 0) is 21.2 Å². The number of benzene rings is 2. The van der Waals surface area contributed by atoms with E-state index in [9.17, 15) is 4.79 Å². The molecule has 0 aromatic heterocycles. The van der Waals surface area contributed by atoms with Crippen LogP contribution in [0.5, 0.6) is 0 Å². The van der Waals surface area contributed by atoms with Gasteiger partial charge in [-0.25, -0.2) is 0 Å². The van der Waals surface area contributed by atoms with Gasteiger partial charge in [-0.3, -0.25) is 0 Å². The first-order valence-electron chi connectivity index (χ1n) is 8.49. The van der Waals surface area contributed by atoms with E-state index in [2.05, 4.69) is 72.7 Å². The summed E-state index contributed by atoms with van der Waals surface area (Å²) in [6.45, 7) is 8.89. The molecular weight excluding hydrogens is 460 g/mol. The molecular formula is C20H24Cl2NOSiZr. The molecule has 0 saturated heterocycles. The second-order valence-electron chi connectivity index (χ2n) is 6.91. The number of allylic oxidation sites excluding steroid dienone is 1. The molecule has 0 aliphatic heterocycles. The van der Waals surface area contributed by atoms with E-state index in [0.29, 0.717) is 3.63 Å². The maximum atomic E-state index is 12.9. The van der Waals surface area contributed by atoms with Crippen LogP contribution >= 0.6 is 0 Å². The molecule has 2 aromatic carbocycles. The van der Waals surface area contributed by atoms with Gasteiger partial charge in [-0.05, 0) is 0 Å². The summed E-state index contributed by atoms with van der Waals surface area (Å²) in [6, 6.07) is 14.7. The number of hydrogen-bond donors (Lipinski definition) is 1. The van der Waals surface area contributed by atoms with Crippen molar-refractivity contribution in [3.63, 3.8) is 0 Å². The Labute approximate surface area is 177 Å². The minimum Gasteiger partial charge on any atom is -1.00 e. The summed E-state index contributed by atoms with van der Waals surface area (Å²) in [4.78, 5) is 12.9. The van der Waals surface area contributed by atoms with Gasteiger partial charge in [-0.2, -0.15) is 0 Å². The van der Waals surface area contributed by atoms with E-state index in [1.165, 1.54) is 11.1 Å². The van der Waals surface area contributed by atoms with Crippen LogP contribution in [0.4, 0.5) is 0 Å². The minimum atomic E-state index is -2.08. The minimum absolute atomic E-state index is 0.